The fourth-order valence-electron chi connectivity index (χ4n) is 3.01. The van der Waals surface area contributed by atoms with Gasteiger partial charge in [0, 0.05) is 12.6 Å². The van der Waals surface area contributed by atoms with Crippen LogP contribution in [0.1, 0.15) is 52.4 Å². The first-order valence-corrected chi connectivity index (χ1v) is 9.25. The highest BCUT2D eigenvalue weighted by Gasteiger charge is 2.32. The second-order valence-corrected chi connectivity index (χ2v) is 8.78. The van der Waals surface area contributed by atoms with Gasteiger partial charge in [-0.15, -0.1) is 0 Å². The Balaban J connectivity index is 1.76. The molecule has 0 radical (unpaired) electrons. The third-order valence-electron chi connectivity index (χ3n) is 4.86. The van der Waals surface area contributed by atoms with Crippen LogP contribution >= 0.6 is 0 Å². The molecule has 2 rings (SSSR count). The molecule has 1 heterocycles. The number of piperidine rings is 1. The van der Waals surface area contributed by atoms with Crippen molar-refractivity contribution in [3.05, 3.63) is 0 Å². The molecule has 2 fully saturated rings. The van der Waals surface area contributed by atoms with E-state index in [2.05, 4.69) is 23.9 Å². The summed E-state index contributed by atoms with van der Waals surface area (Å²) in [6.07, 6.45) is 6.88. The van der Waals surface area contributed by atoms with Crippen LogP contribution in [-0.2, 0) is 10.0 Å². The molecule has 0 bridgehead atoms. The second kappa shape index (κ2) is 6.10. The minimum Gasteiger partial charge on any atom is -0.312 e. The minimum atomic E-state index is -3.09. The van der Waals surface area contributed by atoms with Crippen LogP contribution in [0.3, 0.4) is 0 Å². The lowest BCUT2D eigenvalue weighted by molar-refractivity contribution is 0.181. The van der Waals surface area contributed by atoms with E-state index in [0.29, 0.717) is 18.2 Å². The van der Waals surface area contributed by atoms with Crippen LogP contribution in [0.2, 0.25) is 0 Å². The first kappa shape index (κ1) is 15.3. The normalized spacial score (nSPS) is 28.0. The monoisotopic (exact) mass is 288 g/mol. The number of sulfonamides is 1. The average molecular weight is 288 g/mol. The predicted octanol–water partition coefficient (Wildman–Crippen LogP) is 1.87. The zero-order chi connectivity index (χ0) is 13.9. The standard InChI is InChI=1S/C14H28N2O2S/c1-14(2)8-4-9-15-13(14)11-16-19(17,18)10-7-12-5-3-6-12/h12-13,15-16H,3-11H2,1-2H3. The molecule has 4 nitrogen and oxygen atoms in total. The minimum absolute atomic E-state index is 0.175. The molecule has 1 aliphatic heterocycles. The summed E-state index contributed by atoms with van der Waals surface area (Å²) >= 11 is 0. The lowest BCUT2D eigenvalue weighted by Gasteiger charge is -2.39. The highest BCUT2D eigenvalue weighted by molar-refractivity contribution is 7.89. The lowest BCUT2D eigenvalue weighted by atomic mass is 9.78. The topological polar surface area (TPSA) is 58.2 Å². The van der Waals surface area contributed by atoms with Crippen LogP contribution in [0.25, 0.3) is 0 Å². The van der Waals surface area contributed by atoms with Gasteiger partial charge in [0.15, 0.2) is 0 Å². The van der Waals surface area contributed by atoms with E-state index in [0.717, 1.165) is 19.4 Å². The summed E-state index contributed by atoms with van der Waals surface area (Å²) in [5.41, 5.74) is 0.175. The Labute approximate surface area is 117 Å². The Hall–Kier alpha value is -0.130. The number of hydrogen-bond acceptors (Lipinski definition) is 3. The molecule has 1 aliphatic carbocycles. The van der Waals surface area contributed by atoms with E-state index in [1.165, 1.54) is 25.7 Å². The second-order valence-electron chi connectivity index (χ2n) is 6.85. The Morgan fingerprint density at radius 2 is 2.00 bits per heavy atom. The Morgan fingerprint density at radius 1 is 1.26 bits per heavy atom. The van der Waals surface area contributed by atoms with Crippen LogP contribution in [0.4, 0.5) is 0 Å². The number of hydrogen-bond donors (Lipinski definition) is 2. The van der Waals surface area contributed by atoms with Crippen molar-refractivity contribution >= 4 is 10.0 Å². The first-order chi connectivity index (χ1) is 8.89. The zero-order valence-corrected chi connectivity index (χ0v) is 13.1. The van der Waals surface area contributed by atoms with Gasteiger partial charge >= 0.3 is 0 Å². The van der Waals surface area contributed by atoms with Crippen molar-refractivity contribution in [2.24, 2.45) is 11.3 Å². The molecular formula is C14H28N2O2S. The van der Waals surface area contributed by atoms with Gasteiger partial charge in [-0.3, -0.25) is 0 Å². The molecule has 2 N–H and O–H groups in total. The Kier molecular flexibility index (Phi) is 4.90. The molecule has 0 spiro atoms. The van der Waals surface area contributed by atoms with Gasteiger partial charge in [0.25, 0.3) is 0 Å². The van der Waals surface area contributed by atoms with Gasteiger partial charge in [-0.25, -0.2) is 13.1 Å². The van der Waals surface area contributed by atoms with E-state index < -0.39 is 10.0 Å². The van der Waals surface area contributed by atoms with E-state index in [4.69, 9.17) is 0 Å². The summed E-state index contributed by atoms with van der Waals surface area (Å²) in [5, 5.41) is 3.44. The third-order valence-corrected chi connectivity index (χ3v) is 6.24. The molecule has 112 valence electrons. The molecule has 1 saturated carbocycles. The molecule has 5 heteroatoms. The van der Waals surface area contributed by atoms with Crippen LogP contribution in [0, 0.1) is 11.3 Å². The number of nitrogens with one attached hydrogen (secondary N) is 2. The van der Waals surface area contributed by atoms with Crippen molar-refractivity contribution in [2.45, 2.75) is 58.4 Å². The van der Waals surface area contributed by atoms with Gasteiger partial charge < -0.3 is 5.32 Å². The van der Waals surface area contributed by atoms with Crippen LogP contribution < -0.4 is 10.0 Å². The van der Waals surface area contributed by atoms with Crippen LogP contribution in [0.5, 0.6) is 0 Å². The first-order valence-electron chi connectivity index (χ1n) is 7.60. The molecule has 1 saturated heterocycles. The summed E-state index contributed by atoms with van der Waals surface area (Å²) in [7, 11) is -3.09. The third kappa shape index (κ3) is 4.43. The van der Waals surface area contributed by atoms with Crippen molar-refractivity contribution in [3.63, 3.8) is 0 Å². The Morgan fingerprint density at radius 3 is 2.58 bits per heavy atom. The molecular weight excluding hydrogens is 260 g/mol. The van der Waals surface area contributed by atoms with Crippen molar-refractivity contribution in [3.8, 4) is 0 Å². The molecule has 0 aromatic carbocycles. The van der Waals surface area contributed by atoms with Crippen LogP contribution in [-0.4, -0.2) is 33.3 Å². The van der Waals surface area contributed by atoms with E-state index >= 15 is 0 Å². The molecule has 0 aromatic rings. The molecule has 1 atom stereocenters. The van der Waals surface area contributed by atoms with E-state index in [-0.39, 0.29) is 11.5 Å². The van der Waals surface area contributed by atoms with Crippen molar-refractivity contribution in [1.82, 2.24) is 10.0 Å². The molecule has 19 heavy (non-hydrogen) atoms. The maximum absolute atomic E-state index is 12.0. The fraction of sp³-hybridized carbons (Fsp3) is 1.00. The van der Waals surface area contributed by atoms with Crippen LogP contribution in [0.15, 0.2) is 0 Å². The van der Waals surface area contributed by atoms with Gasteiger partial charge in [0.05, 0.1) is 5.75 Å². The summed E-state index contributed by atoms with van der Waals surface area (Å²) in [6, 6.07) is 0.250. The van der Waals surface area contributed by atoms with Crippen molar-refractivity contribution in [2.75, 3.05) is 18.8 Å². The summed E-state index contributed by atoms with van der Waals surface area (Å²) in [5.74, 6) is 0.950. The number of rotatable bonds is 6. The van der Waals surface area contributed by atoms with Gasteiger partial charge in [-0.05, 0) is 37.1 Å². The molecule has 0 amide bonds. The van der Waals surface area contributed by atoms with E-state index in [9.17, 15) is 8.42 Å². The summed E-state index contributed by atoms with van der Waals surface area (Å²) in [4.78, 5) is 0. The SMILES string of the molecule is CC1(C)CCCNC1CNS(=O)(=O)CCC1CCC1. The largest absolute Gasteiger partial charge is 0.312 e. The van der Waals surface area contributed by atoms with Gasteiger partial charge in [0.1, 0.15) is 0 Å². The smallest absolute Gasteiger partial charge is 0.211 e. The quantitative estimate of drug-likeness (QED) is 0.784. The van der Waals surface area contributed by atoms with Crippen molar-refractivity contribution < 1.29 is 8.42 Å². The molecule has 2 aliphatic rings. The highest BCUT2D eigenvalue weighted by Crippen LogP contribution is 2.30. The van der Waals surface area contributed by atoms with Gasteiger partial charge in [0.2, 0.25) is 10.0 Å². The average Bonchev–Trinajstić information content (AvgIpc) is 2.24. The Bertz CT molecular complexity index is 388. The van der Waals surface area contributed by atoms with E-state index in [1.54, 1.807) is 0 Å². The zero-order valence-electron chi connectivity index (χ0n) is 12.2. The van der Waals surface area contributed by atoms with E-state index in [1.807, 2.05) is 0 Å². The van der Waals surface area contributed by atoms with Gasteiger partial charge in [-0.1, -0.05) is 33.1 Å². The van der Waals surface area contributed by atoms with Gasteiger partial charge in [-0.2, -0.15) is 0 Å². The lowest BCUT2D eigenvalue weighted by Crippen LogP contribution is -2.53. The maximum Gasteiger partial charge on any atom is 0.211 e. The summed E-state index contributed by atoms with van der Waals surface area (Å²) < 4.78 is 26.8. The maximum atomic E-state index is 12.0. The molecule has 0 aromatic heterocycles. The highest BCUT2D eigenvalue weighted by atomic mass is 32.2. The summed E-state index contributed by atoms with van der Waals surface area (Å²) in [6.45, 7) is 5.96. The predicted molar refractivity (Wildman–Crippen MR) is 78.6 cm³/mol. The molecule has 1 unspecified atom stereocenters. The fourth-order valence-corrected chi connectivity index (χ4v) is 4.21. The van der Waals surface area contributed by atoms with Crippen molar-refractivity contribution in [1.29, 1.82) is 0 Å².